The first-order valence-corrected chi connectivity index (χ1v) is 9.41. The van der Waals surface area contributed by atoms with Crippen molar-refractivity contribution < 1.29 is 0 Å². The van der Waals surface area contributed by atoms with E-state index >= 15 is 0 Å². The first-order chi connectivity index (χ1) is 10.9. The predicted molar refractivity (Wildman–Crippen MR) is 95.9 cm³/mol. The van der Waals surface area contributed by atoms with Crippen molar-refractivity contribution in [3.8, 4) is 0 Å². The first-order valence-electron chi connectivity index (χ1n) is 9.41. The van der Waals surface area contributed by atoms with E-state index in [0.29, 0.717) is 0 Å². The lowest BCUT2D eigenvalue weighted by molar-refractivity contribution is 0.0941. The van der Waals surface area contributed by atoms with Crippen LogP contribution in [0.5, 0.6) is 0 Å². The summed E-state index contributed by atoms with van der Waals surface area (Å²) in [5, 5.41) is 0. The SMILES string of the molecule is C(=C\c1ccccc1)/CN(C1CCCCC1)C1CCCCC1. The van der Waals surface area contributed by atoms with Gasteiger partial charge in [-0.15, -0.1) is 0 Å². The minimum Gasteiger partial charge on any atom is -0.294 e. The molecular weight excluding hydrogens is 266 g/mol. The van der Waals surface area contributed by atoms with Gasteiger partial charge in [0.05, 0.1) is 0 Å². The van der Waals surface area contributed by atoms with Gasteiger partial charge in [-0.2, -0.15) is 0 Å². The summed E-state index contributed by atoms with van der Waals surface area (Å²) in [6.07, 6.45) is 19.1. The van der Waals surface area contributed by atoms with Crippen molar-refractivity contribution in [2.75, 3.05) is 6.54 Å². The van der Waals surface area contributed by atoms with Crippen LogP contribution < -0.4 is 0 Å². The molecule has 0 atom stereocenters. The van der Waals surface area contributed by atoms with E-state index in [-0.39, 0.29) is 0 Å². The average Bonchev–Trinajstić information content (AvgIpc) is 2.61. The molecular formula is C21H31N. The van der Waals surface area contributed by atoms with Gasteiger partial charge in [-0.1, -0.05) is 81.0 Å². The van der Waals surface area contributed by atoms with Crippen LogP contribution in [0.15, 0.2) is 36.4 Å². The fourth-order valence-corrected chi connectivity index (χ4v) is 4.30. The molecule has 0 bridgehead atoms. The molecule has 2 fully saturated rings. The van der Waals surface area contributed by atoms with Gasteiger partial charge in [0.1, 0.15) is 0 Å². The van der Waals surface area contributed by atoms with Crippen LogP contribution >= 0.6 is 0 Å². The zero-order chi connectivity index (χ0) is 15.0. The minimum atomic E-state index is 0.845. The molecule has 2 saturated carbocycles. The molecule has 0 radical (unpaired) electrons. The van der Waals surface area contributed by atoms with Crippen molar-refractivity contribution in [1.29, 1.82) is 0 Å². The highest BCUT2D eigenvalue weighted by Crippen LogP contribution is 2.30. The Bertz CT molecular complexity index is 420. The predicted octanol–water partition coefficient (Wildman–Crippen LogP) is 5.67. The zero-order valence-electron chi connectivity index (χ0n) is 13.9. The van der Waals surface area contributed by atoms with Crippen LogP contribution in [0.25, 0.3) is 6.08 Å². The van der Waals surface area contributed by atoms with Crippen molar-refractivity contribution >= 4 is 6.08 Å². The molecule has 2 aliphatic rings. The van der Waals surface area contributed by atoms with Crippen LogP contribution in [0.2, 0.25) is 0 Å². The summed E-state index contributed by atoms with van der Waals surface area (Å²) in [6, 6.07) is 12.4. The summed E-state index contributed by atoms with van der Waals surface area (Å²) in [7, 11) is 0. The molecule has 1 nitrogen and oxygen atoms in total. The van der Waals surface area contributed by atoms with Gasteiger partial charge < -0.3 is 0 Å². The van der Waals surface area contributed by atoms with E-state index < -0.39 is 0 Å². The van der Waals surface area contributed by atoms with Crippen LogP contribution in [0, 0.1) is 0 Å². The van der Waals surface area contributed by atoms with Gasteiger partial charge in [-0.25, -0.2) is 0 Å². The topological polar surface area (TPSA) is 3.24 Å². The maximum absolute atomic E-state index is 2.86. The Kier molecular flexibility index (Phi) is 6.12. The Morgan fingerprint density at radius 1 is 0.773 bits per heavy atom. The van der Waals surface area contributed by atoms with E-state index in [0.717, 1.165) is 18.6 Å². The minimum absolute atomic E-state index is 0.845. The van der Waals surface area contributed by atoms with E-state index in [1.807, 2.05) is 0 Å². The molecule has 120 valence electrons. The summed E-state index contributed by atoms with van der Waals surface area (Å²) >= 11 is 0. The fourth-order valence-electron chi connectivity index (χ4n) is 4.30. The summed E-state index contributed by atoms with van der Waals surface area (Å²) in [4.78, 5) is 2.86. The molecule has 22 heavy (non-hydrogen) atoms. The normalized spacial score (nSPS) is 21.7. The Hall–Kier alpha value is -1.08. The Labute approximate surface area is 136 Å². The van der Waals surface area contributed by atoms with Crippen LogP contribution in [0.3, 0.4) is 0 Å². The summed E-state index contributed by atoms with van der Waals surface area (Å²) in [5.74, 6) is 0. The van der Waals surface area contributed by atoms with Gasteiger partial charge in [-0.3, -0.25) is 4.90 Å². The smallest absolute Gasteiger partial charge is 0.0172 e. The number of rotatable bonds is 5. The fraction of sp³-hybridized carbons (Fsp3) is 0.619. The number of hydrogen-bond donors (Lipinski definition) is 0. The maximum atomic E-state index is 2.86. The molecule has 2 aliphatic carbocycles. The Morgan fingerprint density at radius 3 is 1.86 bits per heavy atom. The molecule has 0 spiro atoms. The zero-order valence-corrected chi connectivity index (χ0v) is 13.9. The third-order valence-electron chi connectivity index (χ3n) is 5.51. The molecule has 0 heterocycles. The molecule has 0 amide bonds. The van der Waals surface area contributed by atoms with Crippen LogP contribution in [-0.4, -0.2) is 23.5 Å². The second kappa shape index (κ2) is 8.53. The van der Waals surface area contributed by atoms with Gasteiger partial charge in [-0.05, 0) is 31.2 Å². The Balaban J connectivity index is 1.63. The highest BCUT2D eigenvalue weighted by atomic mass is 15.2. The van der Waals surface area contributed by atoms with Crippen molar-refractivity contribution in [3.63, 3.8) is 0 Å². The largest absolute Gasteiger partial charge is 0.294 e. The maximum Gasteiger partial charge on any atom is 0.0172 e. The van der Waals surface area contributed by atoms with Crippen molar-refractivity contribution in [2.24, 2.45) is 0 Å². The van der Waals surface area contributed by atoms with Crippen LogP contribution in [0.1, 0.15) is 69.8 Å². The summed E-state index contributed by atoms with van der Waals surface area (Å²) in [6.45, 7) is 1.14. The number of hydrogen-bond acceptors (Lipinski definition) is 1. The molecule has 0 unspecified atom stereocenters. The summed E-state index contributed by atoms with van der Waals surface area (Å²) < 4.78 is 0. The third kappa shape index (κ3) is 4.46. The van der Waals surface area contributed by atoms with Gasteiger partial charge >= 0.3 is 0 Å². The second-order valence-corrected chi connectivity index (χ2v) is 7.09. The standard InChI is InChI=1S/C21H31N/c1-4-11-19(12-5-1)13-10-18-22(20-14-6-2-7-15-20)21-16-8-3-9-17-21/h1,4-5,10-13,20-21H,2-3,6-9,14-18H2/b13-10+. The van der Waals surface area contributed by atoms with Gasteiger partial charge in [0.15, 0.2) is 0 Å². The lowest BCUT2D eigenvalue weighted by atomic mass is 9.88. The van der Waals surface area contributed by atoms with Crippen LogP contribution in [0.4, 0.5) is 0 Å². The second-order valence-electron chi connectivity index (χ2n) is 7.09. The van der Waals surface area contributed by atoms with E-state index in [9.17, 15) is 0 Å². The van der Waals surface area contributed by atoms with Crippen molar-refractivity contribution in [2.45, 2.75) is 76.3 Å². The molecule has 1 heteroatoms. The molecule has 0 N–H and O–H groups in total. The average molecular weight is 297 g/mol. The highest BCUT2D eigenvalue weighted by Gasteiger charge is 2.27. The van der Waals surface area contributed by atoms with E-state index in [1.165, 1.54) is 69.8 Å². The molecule has 0 aromatic heterocycles. The number of benzene rings is 1. The molecule has 3 rings (SSSR count). The molecule has 1 aromatic carbocycles. The quantitative estimate of drug-likeness (QED) is 0.677. The van der Waals surface area contributed by atoms with Gasteiger partial charge in [0.25, 0.3) is 0 Å². The highest BCUT2D eigenvalue weighted by molar-refractivity contribution is 5.48. The summed E-state index contributed by atoms with van der Waals surface area (Å²) in [5.41, 5.74) is 1.33. The Morgan fingerprint density at radius 2 is 1.32 bits per heavy atom. The van der Waals surface area contributed by atoms with Crippen molar-refractivity contribution in [3.05, 3.63) is 42.0 Å². The lowest BCUT2D eigenvalue weighted by Crippen LogP contribution is -2.45. The molecule has 1 aromatic rings. The first kappa shape index (κ1) is 15.8. The van der Waals surface area contributed by atoms with E-state index in [4.69, 9.17) is 0 Å². The van der Waals surface area contributed by atoms with Gasteiger partial charge in [0, 0.05) is 18.6 Å². The lowest BCUT2D eigenvalue weighted by Gasteiger charge is -2.41. The molecule has 0 saturated heterocycles. The van der Waals surface area contributed by atoms with E-state index in [1.54, 1.807) is 0 Å². The monoisotopic (exact) mass is 297 g/mol. The third-order valence-corrected chi connectivity index (χ3v) is 5.51. The van der Waals surface area contributed by atoms with Gasteiger partial charge in [0.2, 0.25) is 0 Å². The van der Waals surface area contributed by atoms with E-state index in [2.05, 4.69) is 47.4 Å². The number of nitrogens with zero attached hydrogens (tertiary/aromatic N) is 1. The van der Waals surface area contributed by atoms with Crippen molar-refractivity contribution in [1.82, 2.24) is 4.90 Å². The van der Waals surface area contributed by atoms with Crippen LogP contribution in [-0.2, 0) is 0 Å². The molecule has 0 aliphatic heterocycles.